The van der Waals surface area contributed by atoms with E-state index in [0.29, 0.717) is 0 Å². The van der Waals surface area contributed by atoms with Crippen LogP contribution in [0, 0.1) is 0 Å². The van der Waals surface area contributed by atoms with E-state index in [0.717, 1.165) is 26.7 Å². The predicted octanol–water partition coefficient (Wildman–Crippen LogP) is 4.96. The molecule has 1 aromatic carbocycles. The Morgan fingerprint density at radius 2 is 2.05 bits per heavy atom. The van der Waals surface area contributed by atoms with Gasteiger partial charge in [-0.25, -0.2) is 0 Å². The molecule has 5 heteroatoms. The first-order chi connectivity index (χ1) is 8.97. The second-order valence-electron chi connectivity index (χ2n) is 4.47. The van der Waals surface area contributed by atoms with Gasteiger partial charge in [0.15, 0.2) is 0 Å². The van der Waals surface area contributed by atoms with E-state index in [9.17, 15) is 5.11 Å². The van der Waals surface area contributed by atoms with E-state index in [1.165, 1.54) is 4.88 Å². The van der Waals surface area contributed by atoms with E-state index in [2.05, 4.69) is 55.3 Å². The van der Waals surface area contributed by atoms with Gasteiger partial charge in [0.25, 0.3) is 0 Å². The van der Waals surface area contributed by atoms with Crippen LogP contribution < -0.4 is 4.90 Å². The molecule has 0 aliphatic heterocycles. The van der Waals surface area contributed by atoms with E-state index < -0.39 is 6.10 Å². The highest BCUT2D eigenvalue weighted by Gasteiger charge is 2.09. The molecule has 1 heterocycles. The van der Waals surface area contributed by atoms with Crippen molar-refractivity contribution in [1.29, 1.82) is 0 Å². The summed E-state index contributed by atoms with van der Waals surface area (Å²) in [6.07, 6.45) is -0.456. The third kappa shape index (κ3) is 3.81. The number of hydrogen-bond donors (Lipinski definition) is 1. The van der Waals surface area contributed by atoms with Crippen molar-refractivity contribution in [3.05, 3.63) is 49.0 Å². The van der Waals surface area contributed by atoms with Crippen LogP contribution in [0.15, 0.2) is 38.6 Å². The zero-order valence-corrected chi connectivity index (χ0v) is 14.7. The number of thiophene rings is 1. The van der Waals surface area contributed by atoms with Crippen molar-refractivity contribution < 1.29 is 5.11 Å². The van der Waals surface area contributed by atoms with Gasteiger partial charge in [0.05, 0.1) is 12.6 Å². The highest BCUT2D eigenvalue weighted by Crippen LogP contribution is 2.29. The molecule has 0 saturated carbocycles. The van der Waals surface area contributed by atoms with Crippen molar-refractivity contribution in [1.82, 2.24) is 0 Å². The highest BCUT2D eigenvalue weighted by atomic mass is 79.9. The molecule has 0 amide bonds. The third-order valence-corrected chi connectivity index (χ3v) is 5.26. The van der Waals surface area contributed by atoms with Gasteiger partial charge in [-0.15, -0.1) is 11.3 Å². The van der Waals surface area contributed by atoms with E-state index in [1.54, 1.807) is 18.3 Å². The molecule has 19 heavy (non-hydrogen) atoms. The molecule has 0 unspecified atom stereocenters. The first-order valence-corrected chi connectivity index (χ1v) is 8.35. The average Bonchev–Trinajstić information content (AvgIpc) is 2.74. The van der Waals surface area contributed by atoms with Crippen LogP contribution in [-0.2, 0) is 6.54 Å². The van der Waals surface area contributed by atoms with E-state index in [-0.39, 0.29) is 0 Å². The second-order valence-corrected chi connectivity index (χ2v) is 7.23. The van der Waals surface area contributed by atoms with Crippen LogP contribution in [0.2, 0.25) is 0 Å². The largest absolute Gasteiger partial charge is 0.389 e. The minimum atomic E-state index is -0.456. The molecule has 0 bridgehead atoms. The Hall–Kier alpha value is -0.360. The number of rotatable bonds is 4. The number of nitrogens with zero attached hydrogens (tertiary/aromatic N) is 1. The Labute approximate surface area is 134 Å². The molecule has 0 spiro atoms. The average molecular weight is 405 g/mol. The number of anilines is 1. The fourth-order valence-corrected chi connectivity index (χ4v) is 4.06. The van der Waals surface area contributed by atoms with E-state index in [4.69, 9.17) is 0 Å². The number of aliphatic hydroxyl groups excluding tert-OH is 1. The number of halogens is 2. The zero-order valence-electron chi connectivity index (χ0n) is 10.7. The first-order valence-electron chi connectivity index (χ1n) is 5.89. The van der Waals surface area contributed by atoms with Crippen molar-refractivity contribution in [2.75, 3.05) is 11.9 Å². The lowest BCUT2D eigenvalue weighted by Gasteiger charge is -2.20. The van der Waals surface area contributed by atoms with Crippen LogP contribution in [0.3, 0.4) is 0 Å². The summed E-state index contributed by atoms with van der Waals surface area (Å²) in [4.78, 5) is 3.50. The quantitative estimate of drug-likeness (QED) is 0.777. The molecule has 1 atom stereocenters. The van der Waals surface area contributed by atoms with Crippen molar-refractivity contribution in [3.8, 4) is 0 Å². The maximum atomic E-state index is 9.62. The Balaban J connectivity index is 2.15. The number of hydrogen-bond acceptors (Lipinski definition) is 3. The van der Waals surface area contributed by atoms with Gasteiger partial charge in [0.1, 0.15) is 0 Å². The van der Waals surface area contributed by atoms with E-state index in [1.807, 2.05) is 18.2 Å². The molecule has 2 aromatic rings. The van der Waals surface area contributed by atoms with Gasteiger partial charge < -0.3 is 10.0 Å². The normalized spacial score (nSPS) is 12.5. The van der Waals surface area contributed by atoms with Crippen molar-refractivity contribution >= 4 is 48.9 Å². The summed E-state index contributed by atoms with van der Waals surface area (Å²) < 4.78 is 2.07. The Morgan fingerprint density at radius 3 is 2.58 bits per heavy atom. The van der Waals surface area contributed by atoms with Crippen LogP contribution in [0.5, 0.6) is 0 Å². The van der Waals surface area contributed by atoms with Crippen LogP contribution in [0.4, 0.5) is 5.69 Å². The van der Waals surface area contributed by atoms with E-state index >= 15 is 0 Å². The molecule has 0 aliphatic carbocycles. The molecule has 2 nitrogen and oxygen atoms in total. The second kappa shape index (κ2) is 6.39. The Bertz CT molecular complexity index is 568. The minimum Gasteiger partial charge on any atom is -0.389 e. The summed E-state index contributed by atoms with van der Waals surface area (Å²) in [7, 11) is 2.07. The molecule has 1 aromatic heterocycles. The summed E-state index contributed by atoms with van der Waals surface area (Å²) in [5, 5.41) is 11.7. The fraction of sp³-hybridized carbons (Fsp3) is 0.286. The summed E-state index contributed by atoms with van der Waals surface area (Å²) in [5.41, 5.74) is 2.04. The molecule has 0 radical (unpaired) electrons. The topological polar surface area (TPSA) is 23.5 Å². The molecule has 0 saturated heterocycles. The maximum Gasteiger partial charge on any atom is 0.0772 e. The molecule has 0 fully saturated rings. The Morgan fingerprint density at radius 1 is 1.32 bits per heavy atom. The van der Waals surface area contributed by atoms with Crippen molar-refractivity contribution in [2.24, 2.45) is 0 Å². The van der Waals surface area contributed by atoms with Gasteiger partial charge in [0, 0.05) is 31.9 Å². The maximum absolute atomic E-state index is 9.62. The van der Waals surface area contributed by atoms with Gasteiger partial charge in [-0.3, -0.25) is 0 Å². The van der Waals surface area contributed by atoms with Crippen LogP contribution in [-0.4, -0.2) is 12.2 Å². The van der Waals surface area contributed by atoms with Crippen LogP contribution in [0.1, 0.15) is 23.5 Å². The number of benzene rings is 1. The lowest BCUT2D eigenvalue weighted by Crippen LogP contribution is -2.15. The first kappa shape index (κ1) is 15.0. The predicted molar refractivity (Wildman–Crippen MR) is 88.9 cm³/mol. The van der Waals surface area contributed by atoms with Crippen LogP contribution >= 0.6 is 43.2 Å². The smallest absolute Gasteiger partial charge is 0.0772 e. The van der Waals surface area contributed by atoms with Gasteiger partial charge in [-0.2, -0.15) is 0 Å². The van der Waals surface area contributed by atoms with Crippen molar-refractivity contribution in [2.45, 2.75) is 19.6 Å². The standard InChI is InChI=1S/C14H15Br2NOS/c1-9(18)13-4-3-11(6-14(13)16)17(2)7-12-5-10(15)8-19-12/h3-6,8-9,18H,7H2,1-2H3/t9-/m1/s1. The molecular formula is C14H15Br2NOS. The zero-order chi connectivity index (χ0) is 14.0. The molecule has 102 valence electrons. The summed E-state index contributed by atoms with van der Waals surface area (Å²) in [6.45, 7) is 2.64. The molecule has 0 aliphatic rings. The van der Waals surface area contributed by atoms with Gasteiger partial charge in [0.2, 0.25) is 0 Å². The lowest BCUT2D eigenvalue weighted by atomic mass is 10.1. The van der Waals surface area contributed by atoms with Gasteiger partial charge in [-0.05, 0) is 46.6 Å². The number of aliphatic hydroxyl groups is 1. The molecule has 1 N–H and O–H groups in total. The van der Waals surface area contributed by atoms with Crippen LogP contribution in [0.25, 0.3) is 0 Å². The lowest BCUT2D eigenvalue weighted by molar-refractivity contribution is 0.198. The summed E-state index contributed by atoms with van der Waals surface area (Å²) >= 11 is 8.73. The third-order valence-electron chi connectivity index (χ3n) is 2.89. The minimum absolute atomic E-state index is 0.456. The fourth-order valence-electron chi connectivity index (χ4n) is 1.85. The monoisotopic (exact) mass is 403 g/mol. The van der Waals surface area contributed by atoms with Gasteiger partial charge in [-0.1, -0.05) is 22.0 Å². The molecule has 2 rings (SSSR count). The SMILES string of the molecule is C[C@@H](O)c1ccc(N(C)Cc2cc(Br)cs2)cc1Br. The summed E-state index contributed by atoms with van der Waals surface area (Å²) in [6, 6.07) is 8.19. The van der Waals surface area contributed by atoms with Gasteiger partial charge >= 0.3 is 0 Å². The molecular weight excluding hydrogens is 390 g/mol. The highest BCUT2D eigenvalue weighted by molar-refractivity contribution is 9.10. The summed E-state index contributed by atoms with van der Waals surface area (Å²) in [5.74, 6) is 0. The Kier molecular flexibility index (Phi) is 5.06. The van der Waals surface area contributed by atoms with Crippen molar-refractivity contribution in [3.63, 3.8) is 0 Å².